The molecule has 0 aliphatic heterocycles. The van der Waals surface area contributed by atoms with Crippen LogP contribution in [0.3, 0.4) is 0 Å². The lowest BCUT2D eigenvalue weighted by Crippen LogP contribution is -2.09. The first-order chi connectivity index (χ1) is 9.21. The van der Waals surface area contributed by atoms with Gasteiger partial charge in [-0.05, 0) is 32.0 Å². The quantitative estimate of drug-likeness (QED) is 0.926. The van der Waals surface area contributed by atoms with Gasteiger partial charge in [0.25, 0.3) is 0 Å². The highest BCUT2D eigenvalue weighted by atomic mass is 35.5. The van der Waals surface area contributed by atoms with E-state index in [4.69, 9.17) is 17.3 Å². The summed E-state index contributed by atoms with van der Waals surface area (Å²) < 4.78 is 39.5. The number of alkyl halides is 3. The first-order valence-electron chi connectivity index (χ1n) is 5.76. The Kier molecular flexibility index (Phi) is 3.75. The lowest BCUT2D eigenvalue weighted by atomic mass is 10.1. The molecule has 2 N–H and O–H groups in total. The van der Waals surface area contributed by atoms with E-state index < -0.39 is 11.7 Å². The molecule has 0 aliphatic rings. The van der Waals surface area contributed by atoms with Crippen molar-refractivity contribution in [3.8, 4) is 5.69 Å². The largest absolute Gasteiger partial charge is 0.416 e. The van der Waals surface area contributed by atoms with E-state index in [1.54, 1.807) is 13.8 Å². The van der Waals surface area contributed by atoms with Crippen molar-refractivity contribution in [1.29, 1.82) is 0 Å². The minimum Gasteiger partial charge on any atom is -0.323 e. The highest BCUT2D eigenvalue weighted by Gasteiger charge is 2.31. The van der Waals surface area contributed by atoms with Crippen molar-refractivity contribution >= 4 is 11.6 Å². The van der Waals surface area contributed by atoms with Crippen LogP contribution in [0.25, 0.3) is 5.69 Å². The molecule has 4 nitrogen and oxygen atoms in total. The van der Waals surface area contributed by atoms with E-state index in [0.717, 1.165) is 12.1 Å². The van der Waals surface area contributed by atoms with Gasteiger partial charge in [-0.3, -0.25) is 0 Å². The Morgan fingerprint density at radius 3 is 2.50 bits per heavy atom. The topological polar surface area (TPSA) is 56.7 Å². The van der Waals surface area contributed by atoms with Gasteiger partial charge in [0.05, 0.1) is 22.0 Å². The normalized spacial score (nSPS) is 13.6. The summed E-state index contributed by atoms with van der Waals surface area (Å²) in [5.74, 6) is 0. The molecule has 0 spiro atoms. The minimum atomic E-state index is -4.45. The molecule has 0 amide bonds. The summed E-state index contributed by atoms with van der Waals surface area (Å²) in [6.45, 7) is 3.39. The van der Waals surface area contributed by atoms with Crippen LogP contribution in [0, 0.1) is 6.92 Å². The average Bonchev–Trinajstić information content (AvgIpc) is 2.70. The zero-order valence-corrected chi connectivity index (χ0v) is 11.5. The van der Waals surface area contributed by atoms with Gasteiger partial charge in [-0.2, -0.15) is 13.2 Å². The van der Waals surface area contributed by atoms with Crippen molar-refractivity contribution < 1.29 is 13.2 Å². The Hall–Kier alpha value is -1.60. The first-order valence-corrected chi connectivity index (χ1v) is 6.14. The number of hydrogen-bond acceptors (Lipinski definition) is 3. The Morgan fingerprint density at radius 1 is 1.35 bits per heavy atom. The predicted octanol–water partition coefficient (Wildman–Crippen LogP) is 3.27. The smallest absolute Gasteiger partial charge is 0.323 e. The fourth-order valence-corrected chi connectivity index (χ4v) is 2.04. The summed E-state index contributed by atoms with van der Waals surface area (Å²) >= 11 is 5.95. The Balaban J connectivity index is 2.58. The lowest BCUT2D eigenvalue weighted by Gasteiger charge is -2.11. The van der Waals surface area contributed by atoms with Crippen molar-refractivity contribution in [2.75, 3.05) is 0 Å². The summed E-state index contributed by atoms with van der Waals surface area (Å²) in [6, 6.07) is 2.68. The summed E-state index contributed by atoms with van der Waals surface area (Å²) in [5, 5.41) is 7.85. The maximum atomic E-state index is 12.7. The van der Waals surface area contributed by atoms with Gasteiger partial charge in [-0.1, -0.05) is 16.8 Å². The van der Waals surface area contributed by atoms with Gasteiger partial charge >= 0.3 is 6.18 Å². The monoisotopic (exact) mass is 304 g/mol. The van der Waals surface area contributed by atoms with Crippen LogP contribution in [0.4, 0.5) is 13.2 Å². The van der Waals surface area contributed by atoms with Crippen LogP contribution in [0.1, 0.15) is 29.9 Å². The first kappa shape index (κ1) is 14.8. The molecule has 1 unspecified atom stereocenters. The molecule has 0 aliphatic carbocycles. The number of nitrogens with zero attached hydrogens (tertiary/aromatic N) is 3. The molecule has 2 rings (SSSR count). The van der Waals surface area contributed by atoms with Crippen molar-refractivity contribution in [3.63, 3.8) is 0 Å². The van der Waals surface area contributed by atoms with Gasteiger partial charge in [0.15, 0.2) is 0 Å². The summed E-state index contributed by atoms with van der Waals surface area (Å²) in [5.41, 5.74) is 6.11. The van der Waals surface area contributed by atoms with Crippen molar-refractivity contribution in [3.05, 3.63) is 40.2 Å². The SMILES string of the molecule is Cc1c(C(C)N)nnn1-c1cc(C(F)(F)F)ccc1Cl. The number of halogens is 4. The fourth-order valence-electron chi connectivity index (χ4n) is 1.84. The average molecular weight is 305 g/mol. The van der Waals surface area contributed by atoms with E-state index >= 15 is 0 Å². The fraction of sp³-hybridized carbons (Fsp3) is 0.333. The molecule has 1 aromatic heterocycles. The summed E-state index contributed by atoms with van der Waals surface area (Å²) in [6.07, 6.45) is -4.45. The molecule has 0 radical (unpaired) electrons. The molecule has 8 heteroatoms. The van der Waals surface area contributed by atoms with Crippen LogP contribution in [0.15, 0.2) is 18.2 Å². The van der Waals surface area contributed by atoms with E-state index in [2.05, 4.69) is 10.3 Å². The van der Waals surface area contributed by atoms with Gasteiger partial charge in [-0.25, -0.2) is 4.68 Å². The highest BCUT2D eigenvalue weighted by Crippen LogP contribution is 2.33. The minimum absolute atomic E-state index is 0.124. The molecule has 1 heterocycles. The molecule has 0 bridgehead atoms. The number of aromatic nitrogens is 3. The van der Waals surface area contributed by atoms with Gasteiger partial charge in [0, 0.05) is 6.04 Å². The van der Waals surface area contributed by atoms with Crippen LogP contribution in [-0.4, -0.2) is 15.0 Å². The summed E-state index contributed by atoms with van der Waals surface area (Å²) in [4.78, 5) is 0. The maximum Gasteiger partial charge on any atom is 0.416 e. The second-order valence-electron chi connectivity index (χ2n) is 4.42. The van der Waals surface area contributed by atoms with Gasteiger partial charge in [0.2, 0.25) is 0 Å². The molecule has 0 saturated carbocycles. The van der Waals surface area contributed by atoms with E-state index in [0.29, 0.717) is 11.4 Å². The second-order valence-corrected chi connectivity index (χ2v) is 4.83. The molecule has 20 heavy (non-hydrogen) atoms. The molecule has 1 atom stereocenters. The molecular weight excluding hydrogens is 293 g/mol. The van der Waals surface area contributed by atoms with Crippen molar-refractivity contribution in [2.24, 2.45) is 5.73 Å². The van der Waals surface area contributed by atoms with Crippen LogP contribution in [0.2, 0.25) is 5.02 Å². The molecule has 0 saturated heterocycles. The van der Waals surface area contributed by atoms with Gasteiger partial charge in [0.1, 0.15) is 5.69 Å². The third-order valence-electron chi connectivity index (χ3n) is 2.86. The molecule has 2 aromatic rings. The number of hydrogen-bond donors (Lipinski definition) is 1. The summed E-state index contributed by atoms with van der Waals surface area (Å²) in [7, 11) is 0. The Labute approximate surface area is 118 Å². The standard InChI is InChI=1S/C12H12ClF3N4/c1-6(17)11-7(2)20(19-18-11)10-5-8(12(14,15)16)3-4-9(10)13/h3-6H,17H2,1-2H3. The lowest BCUT2D eigenvalue weighted by molar-refractivity contribution is -0.137. The third kappa shape index (κ3) is 2.64. The highest BCUT2D eigenvalue weighted by molar-refractivity contribution is 6.32. The van der Waals surface area contributed by atoms with E-state index in [1.165, 1.54) is 10.7 Å². The number of nitrogens with two attached hydrogens (primary N) is 1. The van der Waals surface area contributed by atoms with Crippen LogP contribution >= 0.6 is 11.6 Å². The molecule has 0 fully saturated rings. The van der Waals surface area contributed by atoms with Gasteiger partial charge < -0.3 is 5.73 Å². The zero-order valence-electron chi connectivity index (χ0n) is 10.7. The second kappa shape index (κ2) is 5.06. The van der Waals surface area contributed by atoms with Crippen LogP contribution < -0.4 is 5.73 Å². The Bertz CT molecular complexity index is 634. The van der Waals surface area contributed by atoms with E-state index in [9.17, 15) is 13.2 Å². The van der Waals surface area contributed by atoms with E-state index in [-0.39, 0.29) is 16.8 Å². The molecular formula is C12H12ClF3N4. The maximum absolute atomic E-state index is 12.7. The number of rotatable bonds is 2. The third-order valence-corrected chi connectivity index (χ3v) is 3.18. The van der Waals surface area contributed by atoms with Gasteiger partial charge in [-0.15, -0.1) is 5.10 Å². The predicted molar refractivity (Wildman–Crippen MR) is 68.7 cm³/mol. The van der Waals surface area contributed by atoms with Crippen LogP contribution in [0.5, 0.6) is 0 Å². The zero-order chi connectivity index (χ0) is 15.1. The van der Waals surface area contributed by atoms with Crippen molar-refractivity contribution in [1.82, 2.24) is 15.0 Å². The number of benzene rings is 1. The van der Waals surface area contributed by atoms with Crippen LogP contribution in [-0.2, 0) is 6.18 Å². The van der Waals surface area contributed by atoms with Crippen molar-refractivity contribution in [2.45, 2.75) is 26.1 Å². The molecule has 108 valence electrons. The van der Waals surface area contributed by atoms with E-state index in [1.807, 2.05) is 0 Å². The Morgan fingerprint density at radius 2 is 2.00 bits per heavy atom. The molecule has 1 aromatic carbocycles.